The summed E-state index contributed by atoms with van der Waals surface area (Å²) >= 11 is 0. The summed E-state index contributed by atoms with van der Waals surface area (Å²) in [6.45, 7) is 6.63. The lowest BCUT2D eigenvalue weighted by Gasteiger charge is -2.18. The van der Waals surface area contributed by atoms with Gasteiger partial charge in [0.2, 0.25) is 0 Å². The van der Waals surface area contributed by atoms with E-state index in [1.54, 1.807) is 0 Å². The van der Waals surface area contributed by atoms with Crippen molar-refractivity contribution in [3.05, 3.63) is 48.6 Å². The molecule has 0 aromatic rings. The molecular weight excluding hydrogens is 829 g/mol. The van der Waals surface area contributed by atoms with E-state index in [0.717, 1.165) is 83.5 Å². The summed E-state index contributed by atoms with van der Waals surface area (Å²) in [6.07, 6.45) is 68.2. The molecule has 0 saturated heterocycles. The van der Waals surface area contributed by atoms with Gasteiger partial charge < -0.3 is 14.2 Å². The Kier molecular flexibility index (Phi) is 53.8. The average Bonchev–Trinajstić information content (AvgIpc) is 3.33. The number of hydrogen-bond donors (Lipinski definition) is 0. The first-order valence-corrected chi connectivity index (χ1v) is 29.1. The van der Waals surface area contributed by atoms with Gasteiger partial charge in [-0.25, -0.2) is 0 Å². The van der Waals surface area contributed by atoms with E-state index in [2.05, 4.69) is 69.4 Å². The molecule has 390 valence electrons. The highest BCUT2D eigenvalue weighted by Gasteiger charge is 2.19. The zero-order chi connectivity index (χ0) is 48.6. The molecule has 0 rings (SSSR count). The van der Waals surface area contributed by atoms with Crippen molar-refractivity contribution in [1.82, 2.24) is 0 Å². The molecule has 0 aromatic heterocycles. The number of allylic oxidation sites excluding steroid dienone is 8. The lowest BCUT2D eigenvalue weighted by Crippen LogP contribution is -2.30. The van der Waals surface area contributed by atoms with Gasteiger partial charge in [0.25, 0.3) is 0 Å². The van der Waals surface area contributed by atoms with Crippen LogP contribution in [-0.4, -0.2) is 37.2 Å². The fourth-order valence-electron chi connectivity index (χ4n) is 8.39. The molecule has 0 saturated carbocycles. The quantitative estimate of drug-likeness (QED) is 0.0262. The van der Waals surface area contributed by atoms with Crippen LogP contribution in [0.5, 0.6) is 0 Å². The topological polar surface area (TPSA) is 78.9 Å². The van der Waals surface area contributed by atoms with Crippen LogP contribution >= 0.6 is 0 Å². The van der Waals surface area contributed by atoms with Gasteiger partial charge in [-0.2, -0.15) is 0 Å². The maximum atomic E-state index is 12.8. The number of carbonyl (C=O) groups excluding carboxylic acids is 3. The van der Waals surface area contributed by atoms with Crippen molar-refractivity contribution in [1.29, 1.82) is 0 Å². The fourth-order valence-corrected chi connectivity index (χ4v) is 8.39. The van der Waals surface area contributed by atoms with Gasteiger partial charge in [-0.15, -0.1) is 0 Å². The third kappa shape index (κ3) is 54.2. The monoisotopic (exact) mass is 939 g/mol. The smallest absolute Gasteiger partial charge is 0.306 e. The van der Waals surface area contributed by atoms with Crippen LogP contribution in [0.2, 0.25) is 0 Å². The molecule has 0 aliphatic heterocycles. The summed E-state index contributed by atoms with van der Waals surface area (Å²) < 4.78 is 16.8. The van der Waals surface area contributed by atoms with Gasteiger partial charge in [0.05, 0.1) is 0 Å². The van der Waals surface area contributed by atoms with E-state index in [4.69, 9.17) is 14.2 Å². The third-order valence-corrected chi connectivity index (χ3v) is 12.8. The molecule has 0 fully saturated rings. The lowest BCUT2D eigenvalue weighted by molar-refractivity contribution is -0.167. The minimum absolute atomic E-state index is 0.0762. The largest absolute Gasteiger partial charge is 0.462 e. The van der Waals surface area contributed by atoms with Crippen LogP contribution in [-0.2, 0) is 28.6 Å². The van der Waals surface area contributed by atoms with E-state index in [1.807, 2.05) is 0 Å². The van der Waals surface area contributed by atoms with Gasteiger partial charge in [0.15, 0.2) is 6.10 Å². The van der Waals surface area contributed by atoms with Crippen LogP contribution in [0.15, 0.2) is 48.6 Å². The molecule has 1 unspecified atom stereocenters. The van der Waals surface area contributed by atoms with Crippen LogP contribution in [0.4, 0.5) is 0 Å². The highest BCUT2D eigenvalue weighted by molar-refractivity contribution is 5.71. The zero-order valence-electron chi connectivity index (χ0n) is 44.7. The first kappa shape index (κ1) is 64.4. The van der Waals surface area contributed by atoms with Crippen molar-refractivity contribution in [3.8, 4) is 0 Å². The summed E-state index contributed by atoms with van der Waals surface area (Å²) in [6, 6.07) is 0. The standard InChI is InChI=1S/C61H110O6/c1-4-7-10-13-16-19-22-24-26-28-29-30-31-32-33-34-36-37-39-42-45-48-51-54-60(63)66-57-58(56-65-59(62)53-50-47-44-41-21-18-15-12-9-6-3)67-61(64)55-52-49-46-43-40-38-35-27-25-23-20-17-14-11-8-5-2/h22,24,27-29,31-32,35,58H,4-21,23,25-26,30,33-34,36-57H2,1-3H3/b24-22-,29-28-,32-31-,35-27-. The summed E-state index contributed by atoms with van der Waals surface area (Å²) in [5.74, 6) is -0.881. The maximum absolute atomic E-state index is 12.8. The Balaban J connectivity index is 4.28. The van der Waals surface area contributed by atoms with Gasteiger partial charge in [-0.05, 0) is 83.5 Å². The van der Waals surface area contributed by atoms with Crippen molar-refractivity contribution in [2.24, 2.45) is 0 Å². The SMILES string of the molecule is CCCCCCC/C=C\C/C=C\C/C=C\CCCCCCCCCCC(=O)OCC(COC(=O)CCCCCCCCCCCC)OC(=O)CCCCCCC/C=C\CCCCCCCCC. The van der Waals surface area contributed by atoms with Crippen LogP contribution in [0.3, 0.4) is 0 Å². The first-order chi connectivity index (χ1) is 33.0. The van der Waals surface area contributed by atoms with Gasteiger partial charge in [-0.1, -0.05) is 249 Å². The Morgan fingerprint density at radius 3 is 0.851 bits per heavy atom. The number of hydrogen-bond acceptors (Lipinski definition) is 6. The minimum atomic E-state index is -0.777. The van der Waals surface area contributed by atoms with Crippen LogP contribution in [0.1, 0.15) is 303 Å². The predicted octanol–water partition coefficient (Wildman–Crippen LogP) is 19.4. The number of rotatable bonds is 53. The Bertz CT molecular complexity index is 1170. The molecule has 0 amide bonds. The van der Waals surface area contributed by atoms with E-state index < -0.39 is 6.10 Å². The van der Waals surface area contributed by atoms with Crippen molar-refractivity contribution in [3.63, 3.8) is 0 Å². The molecular formula is C61H110O6. The normalized spacial score (nSPS) is 12.3. The van der Waals surface area contributed by atoms with E-state index >= 15 is 0 Å². The second kappa shape index (κ2) is 56.0. The van der Waals surface area contributed by atoms with Gasteiger partial charge in [0.1, 0.15) is 13.2 Å². The Labute approximate surface area is 416 Å². The third-order valence-electron chi connectivity index (χ3n) is 12.8. The fraction of sp³-hybridized carbons (Fsp3) is 0.820. The molecule has 0 bridgehead atoms. The minimum Gasteiger partial charge on any atom is -0.462 e. The Morgan fingerprint density at radius 2 is 0.537 bits per heavy atom. The van der Waals surface area contributed by atoms with Gasteiger partial charge in [-0.3, -0.25) is 14.4 Å². The number of carbonyl (C=O) groups is 3. The van der Waals surface area contributed by atoms with Crippen LogP contribution in [0, 0.1) is 0 Å². The number of unbranched alkanes of at least 4 members (excludes halogenated alkanes) is 34. The van der Waals surface area contributed by atoms with Gasteiger partial charge >= 0.3 is 17.9 Å². The van der Waals surface area contributed by atoms with Crippen LogP contribution < -0.4 is 0 Å². The lowest BCUT2D eigenvalue weighted by atomic mass is 10.1. The number of esters is 3. The van der Waals surface area contributed by atoms with E-state index in [-0.39, 0.29) is 31.1 Å². The molecule has 1 atom stereocenters. The second-order valence-electron chi connectivity index (χ2n) is 19.6. The van der Waals surface area contributed by atoms with Crippen molar-refractivity contribution in [2.45, 2.75) is 309 Å². The van der Waals surface area contributed by atoms with Crippen LogP contribution in [0.25, 0.3) is 0 Å². The summed E-state index contributed by atoms with van der Waals surface area (Å²) in [4.78, 5) is 38.1. The average molecular weight is 940 g/mol. The summed E-state index contributed by atoms with van der Waals surface area (Å²) in [7, 11) is 0. The molecule has 0 spiro atoms. The van der Waals surface area contributed by atoms with Crippen molar-refractivity contribution in [2.75, 3.05) is 13.2 Å². The molecule has 6 nitrogen and oxygen atoms in total. The Morgan fingerprint density at radius 1 is 0.299 bits per heavy atom. The molecule has 0 aliphatic rings. The molecule has 0 aromatic carbocycles. The maximum Gasteiger partial charge on any atom is 0.306 e. The molecule has 0 heterocycles. The highest BCUT2D eigenvalue weighted by atomic mass is 16.6. The van der Waals surface area contributed by atoms with Crippen molar-refractivity contribution < 1.29 is 28.6 Å². The zero-order valence-corrected chi connectivity index (χ0v) is 44.7. The van der Waals surface area contributed by atoms with E-state index in [9.17, 15) is 14.4 Å². The Hall–Kier alpha value is -2.63. The number of ether oxygens (including phenoxy) is 3. The molecule has 6 heteroatoms. The first-order valence-electron chi connectivity index (χ1n) is 29.1. The molecule has 0 aliphatic carbocycles. The van der Waals surface area contributed by atoms with Gasteiger partial charge in [0, 0.05) is 19.3 Å². The molecule has 0 radical (unpaired) electrons. The molecule has 67 heavy (non-hydrogen) atoms. The second-order valence-corrected chi connectivity index (χ2v) is 19.6. The van der Waals surface area contributed by atoms with Crippen molar-refractivity contribution >= 4 is 17.9 Å². The summed E-state index contributed by atoms with van der Waals surface area (Å²) in [5, 5.41) is 0. The molecule has 0 N–H and O–H groups in total. The highest BCUT2D eigenvalue weighted by Crippen LogP contribution is 2.15. The van der Waals surface area contributed by atoms with E-state index in [0.29, 0.717) is 19.3 Å². The summed E-state index contributed by atoms with van der Waals surface area (Å²) in [5.41, 5.74) is 0. The van der Waals surface area contributed by atoms with E-state index in [1.165, 1.54) is 180 Å². The predicted molar refractivity (Wildman–Crippen MR) is 289 cm³/mol.